The van der Waals surface area contributed by atoms with Crippen LogP contribution in [0, 0.1) is 11.6 Å². The van der Waals surface area contributed by atoms with Gasteiger partial charge < -0.3 is 5.32 Å². The molecular weight excluding hydrogens is 332 g/mol. The lowest BCUT2D eigenvalue weighted by Gasteiger charge is -2.14. The van der Waals surface area contributed by atoms with Gasteiger partial charge in [-0.25, -0.2) is 8.78 Å². The second-order valence-electron chi connectivity index (χ2n) is 6.13. The number of Topliss-reactive ketones (excluding diaryl/α,β-unsaturated/α-hetero) is 1. The normalized spacial score (nSPS) is 17.4. The molecule has 1 aliphatic rings. The summed E-state index contributed by atoms with van der Waals surface area (Å²) in [4.78, 5) is 12.9. The minimum atomic E-state index is -0.515. The highest BCUT2D eigenvalue weighted by Gasteiger charge is 2.37. The molecule has 0 fully saturated rings. The molecule has 0 aliphatic heterocycles. The Morgan fingerprint density at radius 1 is 0.846 bits per heavy atom. The first kappa shape index (κ1) is 16.2. The molecule has 0 saturated carbocycles. The maximum absolute atomic E-state index is 14.3. The van der Waals surface area contributed by atoms with Crippen LogP contribution < -0.4 is 5.32 Å². The number of hydrogen-bond donors (Lipinski definition) is 1. The zero-order valence-electron chi connectivity index (χ0n) is 13.7. The Kier molecular flexibility index (Phi) is 4.09. The molecule has 1 atom stereocenters. The average Bonchev–Trinajstić information content (AvgIpc) is 2.95. The summed E-state index contributed by atoms with van der Waals surface area (Å²) in [5, 5.41) is 3.03. The van der Waals surface area contributed by atoms with Gasteiger partial charge in [0, 0.05) is 23.4 Å². The Morgan fingerprint density at radius 2 is 1.58 bits per heavy atom. The minimum Gasteiger partial charge on any atom is -0.361 e. The number of nitrogens with one attached hydrogen (secondary N) is 1. The number of anilines is 1. The molecule has 2 nitrogen and oxygen atoms in total. The van der Waals surface area contributed by atoms with Crippen LogP contribution in [0.25, 0.3) is 0 Å². The van der Waals surface area contributed by atoms with Gasteiger partial charge in [-0.15, -0.1) is 0 Å². The third-order valence-corrected chi connectivity index (χ3v) is 4.53. The quantitative estimate of drug-likeness (QED) is 0.652. The van der Waals surface area contributed by atoms with Crippen molar-refractivity contribution in [2.24, 2.45) is 0 Å². The van der Waals surface area contributed by atoms with Crippen molar-refractivity contribution >= 4 is 11.5 Å². The Labute approximate surface area is 149 Å². The van der Waals surface area contributed by atoms with Crippen LogP contribution in [-0.4, -0.2) is 5.78 Å². The lowest BCUT2D eigenvalue weighted by molar-refractivity contribution is 0.103. The van der Waals surface area contributed by atoms with Crippen molar-refractivity contribution in [2.75, 3.05) is 5.32 Å². The van der Waals surface area contributed by atoms with Crippen molar-refractivity contribution in [2.45, 2.75) is 5.92 Å². The molecule has 0 saturated heterocycles. The average molecular weight is 347 g/mol. The molecule has 1 aliphatic carbocycles. The van der Waals surface area contributed by atoms with Crippen LogP contribution in [0.2, 0.25) is 0 Å². The first-order valence-electron chi connectivity index (χ1n) is 8.25. The maximum Gasteiger partial charge on any atom is 0.194 e. The first-order chi connectivity index (χ1) is 12.6. The van der Waals surface area contributed by atoms with E-state index in [2.05, 4.69) is 5.32 Å². The molecule has 1 N–H and O–H groups in total. The smallest absolute Gasteiger partial charge is 0.194 e. The second-order valence-corrected chi connectivity index (χ2v) is 6.13. The molecule has 4 heteroatoms. The van der Waals surface area contributed by atoms with Crippen molar-refractivity contribution < 1.29 is 13.6 Å². The van der Waals surface area contributed by atoms with Crippen molar-refractivity contribution in [3.8, 4) is 0 Å². The van der Waals surface area contributed by atoms with Gasteiger partial charge in [-0.05, 0) is 41.5 Å². The van der Waals surface area contributed by atoms with Crippen molar-refractivity contribution in [3.05, 3.63) is 113 Å². The molecule has 0 bridgehead atoms. The number of rotatable bonds is 3. The lowest BCUT2D eigenvalue weighted by atomic mass is 9.90. The highest BCUT2D eigenvalue weighted by atomic mass is 19.1. The summed E-state index contributed by atoms with van der Waals surface area (Å²) in [6.45, 7) is 0. The van der Waals surface area contributed by atoms with Gasteiger partial charge in [0.2, 0.25) is 0 Å². The number of hydrogen-bond acceptors (Lipinski definition) is 2. The molecule has 26 heavy (non-hydrogen) atoms. The predicted molar refractivity (Wildman–Crippen MR) is 97.1 cm³/mol. The van der Waals surface area contributed by atoms with E-state index in [1.807, 2.05) is 30.3 Å². The van der Waals surface area contributed by atoms with Crippen LogP contribution in [0.3, 0.4) is 0 Å². The van der Waals surface area contributed by atoms with E-state index >= 15 is 0 Å². The summed E-state index contributed by atoms with van der Waals surface area (Å²) in [6.07, 6.45) is 1.59. The highest BCUT2D eigenvalue weighted by Crippen LogP contribution is 2.42. The third kappa shape index (κ3) is 2.80. The van der Waals surface area contributed by atoms with E-state index in [1.165, 1.54) is 18.2 Å². The van der Waals surface area contributed by atoms with E-state index in [1.54, 1.807) is 30.5 Å². The van der Waals surface area contributed by atoms with E-state index in [9.17, 15) is 13.6 Å². The fraction of sp³-hybridized carbons (Fsp3) is 0.0455. The van der Waals surface area contributed by atoms with Gasteiger partial charge in [0.1, 0.15) is 11.6 Å². The largest absolute Gasteiger partial charge is 0.361 e. The van der Waals surface area contributed by atoms with Crippen LogP contribution in [-0.2, 0) is 0 Å². The van der Waals surface area contributed by atoms with Gasteiger partial charge in [0.25, 0.3) is 0 Å². The summed E-state index contributed by atoms with van der Waals surface area (Å²) in [7, 11) is 0. The number of ketones is 1. The SMILES string of the molecule is O=C1/C(=C/Nc2ccc(F)cc2)C(c2ccccc2)c2cccc(F)c21. The molecule has 3 aromatic carbocycles. The summed E-state index contributed by atoms with van der Waals surface area (Å²) in [5.74, 6) is -1.53. The van der Waals surface area contributed by atoms with Gasteiger partial charge in [0.05, 0.1) is 5.56 Å². The van der Waals surface area contributed by atoms with E-state index in [0.29, 0.717) is 16.8 Å². The monoisotopic (exact) mass is 347 g/mol. The fourth-order valence-corrected chi connectivity index (χ4v) is 3.32. The number of halogens is 2. The second kappa shape index (κ2) is 6.56. The number of carbonyl (C=O) groups excluding carboxylic acids is 1. The van der Waals surface area contributed by atoms with Crippen LogP contribution in [0.15, 0.2) is 84.6 Å². The van der Waals surface area contributed by atoms with Crippen molar-refractivity contribution in [1.29, 1.82) is 0 Å². The van der Waals surface area contributed by atoms with Crippen LogP contribution in [0.4, 0.5) is 14.5 Å². The summed E-state index contributed by atoms with van der Waals surface area (Å²) >= 11 is 0. The zero-order chi connectivity index (χ0) is 18.1. The minimum absolute atomic E-state index is 0.119. The van der Waals surface area contributed by atoms with Crippen LogP contribution in [0.1, 0.15) is 27.4 Å². The Balaban J connectivity index is 1.79. The summed E-state index contributed by atoms with van der Waals surface area (Å²) in [5.41, 5.74) is 2.80. The van der Waals surface area contributed by atoms with Gasteiger partial charge >= 0.3 is 0 Å². The van der Waals surface area contributed by atoms with E-state index in [-0.39, 0.29) is 23.1 Å². The molecule has 3 aromatic rings. The van der Waals surface area contributed by atoms with Crippen molar-refractivity contribution in [1.82, 2.24) is 0 Å². The maximum atomic E-state index is 14.3. The zero-order valence-corrected chi connectivity index (χ0v) is 13.7. The Hall–Kier alpha value is -3.27. The number of fused-ring (bicyclic) bond motifs is 1. The van der Waals surface area contributed by atoms with Gasteiger partial charge in [-0.2, -0.15) is 0 Å². The van der Waals surface area contributed by atoms with Crippen molar-refractivity contribution in [3.63, 3.8) is 0 Å². The lowest BCUT2D eigenvalue weighted by Crippen LogP contribution is -2.05. The molecule has 4 rings (SSSR count). The Morgan fingerprint density at radius 3 is 2.31 bits per heavy atom. The van der Waals surface area contributed by atoms with Gasteiger partial charge in [0.15, 0.2) is 5.78 Å². The standard InChI is InChI=1S/C22H15F2NO/c23-15-9-11-16(12-10-15)25-13-18-20(14-5-2-1-3-6-14)17-7-4-8-19(24)21(17)22(18)26/h1-13,20,25H/b18-13+. The number of allylic oxidation sites excluding steroid dienone is 1. The van der Waals surface area contributed by atoms with Gasteiger partial charge in [-0.3, -0.25) is 4.79 Å². The molecule has 128 valence electrons. The molecule has 0 radical (unpaired) electrons. The van der Waals surface area contributed by atoms with Crippen LogP contribution in [0.5, 0.6) is 0 Å². The highest BCUT2D eigenvalue weighted by molar-refractivity contribution is 6.15. The molecule has 0 spiro atoms. The Bertz CT molecular complexity index is 994. The van der Waals surface area contributed by atoms with Gasteiger partial charge in [-0.1, -0.05) is 42.5 Å². The summed E-state index contributed by atoms with van der Waals surface area (Å²) in [6, 6.07) is 20.1. The molecule has 0 aromatic heterocycles. The number of benzene rings is 3. The fourth-order valence-electron chi connectivity index (χ4n) is 3.32. The molecule has 0 amide bonds. The summed E-state index contributed by atoms with van der Waals surface area (Å²) < 4.78 is 27.4. The number of carbonyl (C=O) groups is 1. The predicted octanol–water partition coefficient (Wildman–Crippen LogP) is 5.29. The molecule has 1 unspecified atom stereocenters. The van der Waals surface area contributed by atoms with E-state index < -0.39 is 5.82 Å². The van der Waals surface area contributed by atoms with Crippen LogP contribution >= 0.6 is 0 Å². The topological polar surface area (TPSA) is 29.1 Å². The van der Waals surface area contributed by atoms with E-state index in [0.717, 1.165) is 5.56 Å². The first-order valence-corrected chi connectivity index (χ1v) is 8.25. The third-order valence-electron chi connectivity index (χ3n) is 4.53. The molecular formula is C22H15F2NO. The molecule has 0 heterocycles. The van der Waals surface area contributed by atoms with E-state index in [4.69, 9.17) is 0 Å².